The number of esters is 2. The Bertz CT molecular complexity index is 2420. The van der Waals surface area contributed by atoms with Gasteiger partial charge in [0, 0.05) is 18.6 Å². The van der Waals surface area contributed by atoms with E-state index in [0.717, 1.165) is 30.4 Å². The van der Waals surface area contributed by atoms with Crippen molar-refractivity contribution in [2.75, 3.05) is 33.0 Å². The first-order chi connectivity index (χ1) is 35.3. The molecule has 0 saturated carbocycles. The number of carbonyl (C=O) groups is 2. The predicted molar refractivity (Wildman–Crippen MR) is 243 cm³/mol. The van der Waals surface area contributed by atoms with Gasteiger partial charge in [0.15, 0.2) is 65.8 Å². The number of phenols is 6. The van der Waals surface area contributed by atoms with E-state index in [1.807, 2.05) is 0 Å². The number of aliphatic hydroxyl groups is 8. The second-order valence-corrected chi connectivity index (χ2v) is 17.6. The van der Waals surface area contributed by atoms with Crippen LogP contribution < -0.4 is 0 Å². The zero-order valence-electron chi connectivity index (χ0n) is 38.9. The molecule has 3 aromatic rings. The van der Waals surface area contributed by atoms with Gasteiger partial charge in [0.2, 0.25) is 0 Å². The zero-order valence-corrected chi connectivity index (χ0v) is 38.9. The lowest BCUT2D eigenvalue weighted by Crippen LogP contribution is -2.67. The third-order valence-corrected chi connectivity index (χ3v) is 12.2. The fraction of sp³-hybridized carbons (Fsp3) is 0.500. The van der Waals surface area contributed by atoms with Gasteiger partial charge in [-0.15, -0.1) is 0 Å². The van der Waals surface area contributed by atoms with Crippen LogP contribution in [-0.4, -0.2) is 221 Å². The molecule has 7 rings (SSSR count). The lowest BCUT2D eigenvalue weighted by molar-refractivity contribution is -0.383. The Kier molecular flexibility index (Phi) is 19.0. The van der Waals surface area contributed by atoms with E-state index in [0.29, 0.717) is 5.56 Å². The molecule has 17 atom stereocenters. The molecule has 0 amide bonds. The maximum absolute atomic E-state index is 13.9. The Hall–Kier alpha value is -5.76. The fourth-order valence-electron chi connectivity index (χ4n) is 8.05. The van der Waals surface area contributed by atoms with E-state index in [-0.39, 0.29) is 30.6 Å². The number of hydrogen-bond donors (Lipinski definition) is 14. The molecular formula is C48H58O26. The highest BCUT2D eigenvalue weighted by atomic mass is 16.8. The van der Waals surface area contributed by atoms with E-state index in [1.165, 1.54) is 48.6 Å². The van der Waals surface area contributed by atoms with Crippen molar-refractivity contribution in [2.45, 2.75) is 117 Å². The van der Waals surface area contributed by atoms with Gasteiger partial charge in [-0.1, -0.05) is 18.2 Å². The molecule has 0 radical (unpaired) electrons. The van der Waals surface area contributed by atoms with Crippen molar-refractivity contribution in [3.63, 3.8) is 0 Å². The molecule has 0 bridgehead atoms. The van der Waals surface area contributed by atoms with E-state index in [4.69, 9.17) is 47.4 Å². The standard InChI is InChI=1S/C48H58O26/c49-24-6-1-21(13-27(24)52)4-9-35(58)66-19-33-39(61)40(62)42(64)47(70-33)74-44-43(72-36(59)10-5-22-2-7-25(50)28(53)14-22)34(20-69-46-41(63)38(60)32(57)18-68-46)71-48(45(44)73-37-16-30(55)31(56)17-67-37)65-12-11-23-3-8-26(51)29(54)15-23/h1-10,13-15,30-34,37-57,60-64H,11-12,16-20H2/b9-4+,10-5+/t30-,31+,32-,33-,34-,37+,38+,39-,40+,41-,42?,43-,44+,45-,46+,47+,48-/m1/s1. The van der Waals surface area contributed by atoms with Gasteiger partial charge in [0.25, 0.3) is 0 Å². The Balaban J connectivity index is 1.23. The highest BCUT2D eigenvalue weighted by Gasteiger charge is 2.55. The van der Waals surface area contributed by atoms with Gasteiger partial charge >= 0.3 is 11.9 Å². The Morgan fingerprint density at radius 2 is 1.12 bits per heavy atom. The summed E-state index contributed by atoms with van der Waals surface area (Å²) >= 11 is 0. The molecule has 4 aliphatic heterocycles. The summed E-state index contributed by atoms with van der Waals surface area (Å²) in [4.78, 5) is 26.7. The number of carbonyl (C=O) groups excluding carboxylic acids is 2. The van der Waals surface area contributed by atoms with E-state index in [2.05, 4.69) is 0 Å². The second kappa shape index (κ2) is 25.2. The molecule has 26 nitrogen and oxygen atoms in total. The summed E-state index contributed by atoms with van der Waals surface area (Å²) in [5.74, 6) is -4.86. The van der Waals surface area contributed by atoms with Gasteiger partial charge in [0.05, 0.1) is 32.5 Å². The topological polar surface area (TPSA) is 410 Å². The number of ether oxygens (including phenoxy) is 10. The molecular weight excluding hydrogens is 993 g/mol. The number of aliphatic hydroxyl groups excluding tert-OH is 8. The first-order valence-electron chi connectivity index (χ1n) is 23.1. The van der Waals surface area contributed by atoms with Crippen molar-refractivity contribution in [2.24, 2.45) is 0 Å². The van der Waals surface area contributed by atoms with Crippen molar-refractivity contribution in [3.8, 4) is 34.5 Å². The van der Waals surface area contributed by atoms with Crippen molar-refractivity contribution < 1.29 is 128 Å². The molecule has 406 valence electrons. The molecule has 4 saturated heterocycles. The zero-order chi connectivity index (χ0) is 53.4. The highest BCUT2D eigenvalue weighted by Crippen LogP contribution is 2.36. The van der Waals surface area contributed by atoms with E-state index >= 15 is 0 Å². The number of benzene rings is 3. The SMILES string of the molecule is O=C(/C=C/c1ccc(O)c(O)c1)OC[C@H]1O[C@@H](O[C@@H]2[C@@H](O[C@H]3C[C@@H](O)[C@@H](O)CO3)[C@H](OCCc3ccc(O)c(O)c3)O[C@H](CO[C@@H]3OC[C@@H](O)[C@H](O)[C@H]3O)[C@H]2OC(=O)/C=C/c2ccc(O)c(O)c2)C(O)[C@@H](O)[C@@H]1O. The first-order valence-corrected chi connectivity index (χ1v) is 23.1. The lowest BCUT2D eigenvalue weighted by atomic mass is 9.96. The molecule has 4 aliphatic rings. The van der Waals surface area contributed by atoms with Crippen molar-refractivity contribution in [1.29, 1.82) is 0 Å². The van der Waals surface area contributed by atoms with Crippen LogP contribution >= 0.6 is 0 Å². The highest BCUT2D eigenvalue weighted by molar-refractivity contribution is 5.88. The predicted octanol–water partition coefficient (Wildman–Crippen LogP) is -2.41. The summed E-state index contributed by atoms with van der Waals surface area (Å²) in [5.41, 5.74) is 0.937. The van der Waals surface area contributed by atoms with Crippen LogP contribution in [0.25, 0.3) is 12.2 Å². The number of rotatable bonds is 18. The lowest BCUT2D eigenvalue weighted by Gasteiger charge is -2.49. The quantitative estimate of drug-likeness (QED) is 0.0358. The molecule has 4 fully saturated rings. The van der Waals surface area contributed by atoms with Crippen molar-refractivity contribution in [3.05, 3.63) is 83.4 Å². The minimum absolute atomic E-state index is 0.0256. The average molecular weight is 1050 g/mol. The number of phenolic OH excluding ortho intramolecular Hbond substituents is 6. The van der Waals surface area contributed by atoms with E-state index < -0.39 is 177 Å². The van der Waals surface area contributed by atoms with Gasteiger partial charge in [-0.05, 0) is 71.7 Å². The van der Waals surface area contributed by atoms with Gasteiger partial charge in [-0.3, -0.25) is 0 Å². The van der Waals surface area contributed by atoms with Gasteiger partial charge in [0.1, 0.15) is 73.8 Å². The van der Waals surface area contributed by atoms with Crippen LogP contribution in [-0.2, 0) is 63.4 Å². The number of hydrogen-bond acceptors (Lipinski definition) is 26. The van der Waals surface area contributed by atoms with Crippen LogP contribution in [0.15, 0.2) is 66.7 Å². The average Bonchev–Trinajstić information content (AvgIpc) is 3.37. The first kappa shape index (κ1) is 56.0. The van der Waals surface area contributed by atoms with Crippen molar-refractivity contribution in [1.82, 2.24) is 0 Å². The van der Waals surface area contributed by atoms with E-state index in [1.54, 1.807) is 0 Å². The summed E-state index contributed by atoms with van der Waals surface area (Å²) in [7, 11) is 0. The normalized spacial score (nSPS) is 33.6. The second-order valence-electron chi connectivity index (χ2n) is 17.6. The Morgan fingerprint density at radius 1 is 0.527 bits per heavy atom. The fourth-order valence-corrected chi connectivity index (χ4v) is 8.05. The summed E-state index contributed by atoms with van der Waals surface area (Å²) in [6.07, 6.45) is -25.6. The summed E-state index contributed by atoms with van der Waals surface area (Å²) < 4.78 is 59.5. The minimum atomic E-state index is -2.14. The van der Waals surface area contributed by atoms with Gasteiger partial charge in [-0.2, -0.15) is 0 Å². The molecule has 74 heavy (non-hydrogen) atoms. The van der Waals surface area contributed by atoms with Crippen LogP contribution in [0, 0.1) is 0 Å². The van der Waals surface area contributed by atoms with Crippen LogP contribution in [0.1, 0.15) is 23.1 Å². The van der Waals surface area contributed by atoms with E-state index in [9.17, 15) is 81.1 Å². The molecule has 4 heterocycles. The van der Waals surface area contributed by atoms with Crippen LogP contribution in [0.2, 0.25) is 0 Å². The largest absolute Gasteiger partial charge is 0.504 e. The molecule has 26 heteroatoms. The van der Waals surface area contributed by atoms with Gasteiger partial charge in [-0.25, -0.2) is 9.59 Å². The van der Waals surface area contributed by atoms with Crippen molar-refractivity contribution >= 4 is 24.1 Å². The molecule has 0 aromatic heterocycles. The van der Waals surface area contributed by atoms with Crippen LogP contribution in [0.5, 0.6) is 34.5 Å². The minimum Gasteiger partial charge on any atom is -0.504 e. The third kappa shape index (κ3) is 14.1. The summed E-state index contributed by atoms with van der Waals surface area (Å²) in [5, 5.41) is 145. The molecule has 0 aliphatic carbocycles. The van der Waals surface area contributed by atoms with Crippen LogP contribution in [0.3, 0.4) is 0 Å². The molecule has 0 spiro atoms. The smallest absolute Gasteiger partial charge is 0.331 e. The van der Waals surface area contributed by atoms with Gasteiger partial charge < -0.3 is 119 Å². The van der Waals surface area contributed by atoms with Crippen LogP contribution in [0.4, 0.5) is 0 Å². The number of aromatic hydroxyl groups is 6. The summed E-state index contributed by atoms with van der Waals surface area (Å²) in [6.45, 7) is -2.72. The third-order valence-electron chi connectivity index (χ3n) is 12.2. The Labute approximate surface area is 420 Å². The summed E-state index contributed by atoms with van der Waals surface area (Å²) in [6, 6.07) is 11.3. The molecule has 14 N–H and O–H groups in total. The Morgan fingerprint density at radius 3 is 1.76 bits per heavy atom. The molecule has 3 aromatic carbocycles. The monoisotopic (exact) mass is 1050 g/mol. The molecule has 1 unspecified atom stereocenters. The maximum Gasteiger partial charge on any atom is 0.331 e. The maximum atomic E-state index is 13.9.